The normalized spacial score (nSPS) is 16.0. The average molecular weight is 316 g/mol. The number of hydrogen-bond acceptors (Lipinski definition) is 3. The first-order chi connectivity index (χ1) is 10.6. The van der Waals surface area contributed by atoms with Gasteiger partial charge in [0.2, 0.25) is 0 Å². The summed E-state index contributed by atoms with van der Waals surface area (Å²) in [6, 6.07) is 7.91. The van der Waals surface area contributed by atoms with Crippen LogP contribution in [0.5, 0.6) is 0 Å². The van der Waals surface area contributed by atoms with Crippen LogP contribution in [0.3, 0.4) is 0 Å². The van der Waals surface area contributed by atoms with Crippen molar-refractivity contribution >= 4 is 11.6 Å². The molecule has 1 aromatic heterocycles. The van der Waals surface area contributed by atoms with Crippen molar-refractivity contribution in [3.05, 3.63) is 57.6 Å². The summed E-state index contributed by atoms with van der Waals surface area (Å²) >= 11 is 5.94. The van der Waals surface area contributed by atoms with Crippen LogP contribution < -0.4 is 5.32 Å². The molecule has 2 heterocycles. The summed E-state index contributed by atoms with van der Waals surface area (Å²) in [5.74, 6) is 1.50. The lowest BCUT2D eigenvalue weighted by Gasteiger charge is -2.25. The fraction of sp³-hybridized carbons (Fsp3) is 0.444. The molecule has 116 valence electrons. The Morgan fingerprint density at radius 3 is 2.23 bits per heavy atom. The van der Waals surface area contributed by atoms with Crippen LogP contribution in [-0.2, 0) is 6.42 Å². The van der Waals surface area contributed by atoms with Gasteiger partial charge in [0, 0.05) is 22.8 Å². The molecule has 0 atom stereocenters. The van der Waals surface area contributed by atoms with Gasteiger partial charge in [0.15, 0.2) is 0 Å². The Balaban J connectivity index is 1.83. The molecular formula is C18H22ClN3. The summed E-state index contributed by atoms with van der Waals surface area (Å²) in [6.45, 7) is 6.43. The van der Waals surface area contributed by atoms with Crippen LogP contribution in [0, 0.1) is 13.8 Å². The summed E-state index contributed by atoms with van der Waals surface area (Å²) in [5, 5.41) is 4.18. The minimum Gasteiger partial charge on any atom is -0.317 e. The molecule has 0 unspecified atom stereocenters. The second-order valence-electron chi connectivity index (χ2n) is 6.05. The number of nitrogens with one attached hydrogen (secondary N) is 1. The van der Waals surface area contributed by atoms with E-state index in [1.165, 1.54) is 24.0 Å². The molecule has 22 heavy (non-hydrogen) atoms. The van der Waals surface area contributed by atoms with Gasteiger partial charge in [-0.15, -0.1) is 0 Å². The molecule has 0 saturated carbocycles. The van der Waals surface area contributed by atoms with Gasteiger partial charge < -0.3 is 5.32 Å². The van der Waals surface area contributed by atoms with Crippen molar-refractivity contribution in [2.75, 3.05) is 13.1 Å². The lowest BCUT2D eigenvalue weighted by Crippen LogP contribution is -2.27. The highest BCUT2D eigenvalue weighted by Gasteiger charge is 2.21. The predicted molar refractivity (Wildman–Crippen MR) is 90.6 cm³/mol. The topological polar surface area (TPSA) is 37.8 Å². The molecule has 4 heteroatoms. The molecule has 0 spiro atoms. The summed E-state index contributed by atoms with van der Waals surface area (Å²) in [6.07, 6.45) is 3.12. The number of halogens is 1. The number of nitrogens with zero attached hydrogens (tertiary/aromatic N) is 2. The van der Waals surface area contributed by atoms with Gasteiger partial charge in [-0.1, -0.05) is 23.7 Å². The molecule has 0 radical (unpaired) electrons. The van der Waals surface area contributed by atoms with Gasteiger partial charge in [0.05, 0.1) is 0 Å². The van der Waals surface area contributed by atoms with E-state index in [9.17, 15) is 0 Å². The van der Waals surface area contributed by atoms with Crippen LogP contribution in [0.25, 0.3) is 0 Å². The first-order valence-electron chi connectivity index (χ1n) is 7.92. The Labute approximate surface area is 137 Å². The maximum Gasteiger partial charge on any atom is 0.133 e. The minimum atomic E-state index is 0.603. The lowest BCUT2D eigenvalue weighted by molar-refractivity contribution is 0.455. The van der Waals surface area contributed by atoms with Crippen LogP contribution in [0.4, 0.5) is 0 Å². The van der Waals surface area contributed by atoms with Crippen molar-refractivity contribution in [1.82, 2.24) is 15.3 Å². The van der Waals surface area contributed by atoms with E-state index in [4.69, 9.17) is 21.6 Å². The van der Waals surface area contributed by atoms with E-state index in [-0.39, 0.29) is 0 Å². The van der Waals surface area contributed by atoms with Crippen molar-refractivity contribution in [3.8, 4) is 0 Å². The number of piperidine rings is 1. The van der Waals surface area contributed by atoms with Crippen molar-refractivity contribution in [3.63, 3.8) is 0 Å². The van der Waals surface area contributed by atoms with Gasteiger partial charge in [-0.2, -0.15) is 0 Å². The summed E-state index contributed by atoms with van der Waals surface area (Å²) in [7, 11) is 0. The molecule has 2 aromatic rings. The second-order valence-corrected chi connectivity index (χ2v) is 6.49. The largest absolute Gasteiger partial charge is 0.317 e. The van der Waals surface area contributed by atoms with E-state index in [0.717, 1.165) is 41.7 Å². The third kappa shape index (κ3) is 3.47. The highest BCUT2D eigenvalue weighted by atomic mass is 35.5. The van der Waals surface area contributed by atoms with Gasteiger partial charge in [-0.3, -0.25) is 0 Å². The zero-order chi connectivity index (χ0) is 15.5. The summed E-state index contributed by atoms with van der Waals surface area (Å²) < 4.78 is 0. The Kier molecular flexibility index (Phi) is 4.74. The average Bonchev–Trinajstić information content (AvgIpc) is 2.50. The molecule has 1 aromatic carbocycles. The highest BCUT2D eigenvalue weighted by Crippen LogP contribution is 2.29. The van der Waals surface area contributed by atoms with Crippen molar-refractivity contribution in [1.29, 1.82) is 0 Å². The Morgan fingerprint density at radius 1 is 1.05 bits per heavy atom. The minimum absolute atomic E-state index is 0.603. The fourth-order valence-electron chi connectivity index (χ4n) is 3.36. The van der Waals surface area contributed by atoms with E-state index in [2.05, 4.69) is 19.2 Å². The number of rotatable bonds is 3. The van der Waals surface area contributed by atoms with E-state index in [1.807, 2.05) is 24.3 Å². The van der Waals surface area contributed by atoms with Crippen molar-refractivity contribution < 1.29 is 0 Å². The molecular weight excluding hydrogens is 294 g/mol. The number of aryl methyl sites for hydroxylation is 2. The number of aromatic nitrogens is 2. The van der Waals surface area contributed by atoms with Gasteiger partial charge in [0.1, 0.15) is 5.82 Å². The monoisotopic (exact) mass is 315 g/mol. The molecule has 0 amide bonds. The van der Waals surface area contributed by atoms with Crippen LogP contribution in [0.15, 0.2) is 24.3 Å². The molecule has 3 nitrogen and oxygen atoms in total. The molecule has 1 aliphatic rings. The summed E-state index contributed by atoms with van der Waals surface area (Å²) in [5.41, 5.74) is 4.84. The van der Waals surface area contributed by atoms with Crippen LogP contribution in [0.1, 0.15) is 47.1 Å². The molecule has 1 aliphatic heterocycles. The van der Waals surface area contributed by atoms with Crippen LogP contribution in [-0.4, -0.2) is 23.1 Å². The lowest BCUT2D eigenvalue weighted by atomic mass is 9.88. The first kappa shape index (κ1) is 15.4. The molecule has 0 bridgehead atoms. The zero-order valence-corrected chi connectivity index (χ0v) is 14.0. The Bertz CT molecular complexity index is 623. The highest BCUT2D eigenvalue weighted by molar-refractivity contribution is 6.30. The smallest absolute Gasteiger partial charge is 0.133 e. The molecule has 3 rings (SSSR count). The third-order valence-electron chi connectivity index (χ3n) is 4.40. The summed E-state index contributed by atoms with van der Waals surface area (Å²) in [4.78, 5) is 9.52. The maximum atomic E-state index is 5.94. The molecule has 1 saturated heterocycles. The Hall–Kier alpha value is -1.45. The standard InChI is InChI=1S/C18H22ClN3/c1-12-18(15-7-9-20-10-8-15)13(2)22-17(21-12)11-14-3-5-16(19)6-4-14/h3-6,15,20H,7-11H2,1-2H3. The van der Waals surface area contributed by atoms with Gasteiger partial charge in [-0.05, 0) is 69.0 Å². The van der Waals surface area contributed by atoms with Crippen LogP contribution >= 0.6 is 11.6 Å². The fourth-order valence-corrected chi connectivity index (χ4v) is 3.49. The molecule has 1 fully saturated rings. The van der Waals surface area contributed by atoms with Crippen molar-refractivity contribution in [2.45, 2.75) is 39.0 Å². The predicted octanol–water partition coefficient (Wildman–Crippen LogP) is 3.80. The quantitative estimate of drug-likeness (QED) is 0.936. The molecule has 0 aliphatic carbocycles. The van der Waals surface area contributed by atoms with Gasteiger partial charge in [0.25, 0.3) is 0 Å². The van der Waals surface area contributed by atoms with E-state index < -0.39 is 0 Å². The molecule has 1 N–H and O–H groups in total. The van der Waals surface area contributed by atoms with E-state index in [1.54, 1.807) is 0 Å². The van der Waals surface area contributed by atoms with Crippen LogP contribution in [0.2, 0.25) is 5.02 Å². The van der Waals surface area contributed by atoms with Gasteiger partial charge in [-0.25, -0.2) is 9.97 Å². The number of benzene rings is 1. The SMILES string of the molecule is Cc1nc(Cc2ccc(Cl)cc2)nc(C)c1C1CCNCC1. The first-order valence-corrected chi connectivity index (χ1v) is 8.30. The van der Waals surface area contributed by atoms with Crippen molar-refractivity contribution in [2.24, 2.45) is 0 Å². The number of hydrogen-bond donors (Lipinski definition) is 1. The van der Waals surface area contributed by atoms with E-state index in [0.29, 0.717) is 5.92 Å². The third-order valence-corrected chi connectivity index (χ3v) is 4.65. The second kappa shape index (κ2) is 6.76. The van der Waals surface area contributed by atoms with Gasteiger partial charge >= 0.3 is 0 Å². The van der Waals surface area contributed by atoms with E-state index >= 15 is 0 Å². The Morgan fingerprint density at radius 2 is 1.64 bits per heavy atom. The maximum absolute atomic E-state index is 5.94. The zero-order valence-electron chi connectivity index (χ0n) is 13.2.